The minimum absolute atomic E-state index is 0.0583. The number of anilines is 1. The number of rotatable bonds is 11. The fraction of sp³-hybridized carbons (Fsp3) is 0.750. The van der Waals surface area contributed by atoms with Gasteiger partial charge in [0.1, 0.15) is 12.3 Å². The Balaban J connectivity index is 1.58. The summed E-state index contributed by atoms with van der Waals surface area (Å²) >= 11 is 6.22. The average molecular weight is 590 g/mol. The van der Waals surface area contributed by atoms with Crippen LogP contribution >= 0.6 is 19.2 Å². The maximum Gasteiger partial charge on any atom is 0.356 e. The highest BCUT2D eigenvalue weighted by atomic mass is 35.5. The number of amides is 1. The van der Waals surface area contributed by atoms with Crippen molar-refractivity contribution in [3.8, 4) is 0 Å². The largest absolute Gasteiger partial charge is 0.356 e. The number of halogens is 1. The zero-order chi connectivity index (χ0) is 28.2. The second kappa shape index (κ2) is 12.9. The van der Waals surface area contributed by atoms with E-state index in [0.717, 1.165) is 19.3 Å². The topological polar surface area (TPSA) is 145 Å². The molecule has 2 aromatic rings. The van der Waals surface area contributed by atoms with Gasteiger partial charge < -0.3 is 33.3 Å². The van der Waals surface area contributed by atoms with E-state index in [1.54, 1.807) is 39.2 Å². The van der Waals surface area contributed by atoms with Gasteiger partial charge in [0, 0.05) is 18.4 Å². The molecule has 0 aliphatic carbocycles. The molecular weight excluding hydrogens is 553 g/mol. The van der Waals surface area contributed by atoms with Crippen molar-refractivity contribution in [1.82, 2.24) is 19.5 Å². The van der Waals surface area contributed by atoms with Crippen molar-refractivity contribution in [2.24, 2.45) is 5.41 Å². The van der Waals surface area contributed by atoms with E-state index in [-0.39, 0.29) is 36.6 Å². The SMILES string of the molecule is CCOP(=O)(CO[C@H]1O[C@@H](n2cnc3c(NC(=O)C(C)(C)C)nc(Cl)nc32)C[C@@H]1OC1CCCCO1)OCC. The molecule has 39 heavy (non-hydrogen) atoms. The molecule has 4 heterocycles. The number of fused-ring (bicyclic) bond motifs is 1. The van der Waals surface area contributed by atoms with Crippen LogP contribution in [0.3, 0.4) is 0 Å². The summed E-state index contributed by atoms with van der Waals surface area (Å²) in [6.07, 6.45) is 1.82. The molecule has 2 aliphatic rings. The van der Waals surface area contributed by atoms with Gasteiger partial charge in [0.2, 0.25) is 11.2 Å². The lowest BCUT2D eigenvalue weighted by atomic mass is 9.96. The minimum Gasteiger partial charge on any atom is -0.353 e. The van der Waals surface area contributed by atoms with E-state index in [1.807, 2.05) is 0 Å². The molecule has 1 amide bonds. The van der Waals surface area contributed by atoms with E-state index < -0.39 is 37.9 Å². The van der Waals surface area contributed by atoms with Crippen molar-refractivity contribution in [3.05, 3.63) is 11.6 Å². The van der Waals surface area contributed by atoms with Crippen LogP contribution < -0.4 is 5.32 Å². The summed E-state index contributed by atoms with van der Waals surface area (Å²) in [6.45, 7) is 9.87. The maximum atomic E-state index is 13.0. The highest BCUT2D eigenvalue weighted by Crippen LogP contribution is 2.49. The molecule has 0 saturated carbocycles. The van der Waals surface area contributed by atoms with Gasteiger partial charge in [0.05, 0.1) is 19.5 Å². The van der Waals surface area contributed by atoms with Gasteiger partial charge >= 0.3 is 7.60 Å². The summed E-state index contributed by atoms with van der Waals surface area (Å²) in [4.78, 5) is 25.6. The van der Waals surface area contributed by atoms with E-state index in [4.69, 9.17) is 39.6 Å². The number of hydrogen-bond donors (Lipinski definition) is 1. The molecule has 1 unspecified atom stereocenters. The minimum atomic E-state index is -3.49. The third kappa shape index (κ3) is 7.53. The Hall–Kier alpha value is -1.70. The van der Waals surface area contributed by atoms with Crippen LogP contribution in [-0.4, -0.2) is 70.3 Å². The summed E-state index contributed by atoms with van der Waals surface area (Å²) in [5, 5.41) is 2.73. The first-order valence-electron chi connectivity index (χ1n) is 13.2. The van der Waals surface area contributed by atoms with E-state index in [0.29, 0.717) is 24.2 Å². The van der Waals surface area contributed by atoms with Gasteiger partial charge in [0.25, 0.3) is 0 Å². The molecule has 4 atom stereocenters. The van der Waals surface area contributed by atoms with Crippen LogP contribution in [0, 0.1) is 5.41 Å². The van der Waals surface area contributed by atoms with Crippen LogP contribution in [0.2, 0.25) is 5.28 Å². The Labute approximate surface area is 232 Å². The van der Waals surface area contributed by atoms with Gasteiger partial charge in [-0.3, -0.25) is 13.9 Å². The number of nitrogens with zero attached hydrogens (tertiary/aromatic N) is 4. The summed E-state index contributed by atoms with van der Waals surface area (Å²) in [7, 11) is -3.49. The molecule has 0 spiro atoms. The van der Waals surface area contributed by atoms with Gasteiger partial charge in [-0.15, -0.1) is 0 Å². The molecular formula is C24H37ClN5O8P. The lowest BCUT2D eigenvalue weighted by Crippen LogP contribution is -2.34. The molecule has 1 N–H and O–H groups in total. The number of nitrogens with one attached hydrogen (secondary N) is 1. The summed E-state index contributed by atoms with van der Waals surface area (Å²) < 4.78 is 49.6. The van der Waals surface area contributed by atoms with Crippen LogP contribution in [0.4, 0.5) is 5.82 Å². The number of imidazole rings is 1. The predicted molar refractivity (Wildman–Crippen MR) is 142 cm³/mol. The maximum absolute atomic E-state index is 13.0. The number of carbonyl (C=O) groups excluding carboxylic acids is 1. The van der Waals surface area contributed by atoms with Gasteiger partial charge in [-0.2, -0.15) is 9.97 Å². The summed E-state index contributed by atoms with van der Waals surface area (Å²) in [5.74, 6) is -0.0417. The third-order valence-electron chi connectivity index (χ3n) is 6.16. The lowest BCUT2D eigenvalue weighted by Gasteiger charge is -2.28. The van der Waals surface area contributed by atoms with Crippen molar-refractivity contribution in [3.63, 3.8) is 0 Å². The molecule has 2 aliphatic heterocycles. The highest BCUT2D eigenvalue weighted by Gasteiger charge is 2.42. The van der Waals surface area contributed by atoms with Crippen LogP contribution in [0.25, 0.3) is 11.2 Å². The van der Waals surface area contributed by atoms with Crippen molar-refractivity contribution >= 4 is 42.1 Å². The first-order chi connectivity index (χ1) is 18.5. The zero-order valence-corrected chi connectivity index (χ0v) is 24.6. The summed E-state index contributed by atoms with van der Waals surface area (Å²) in [5.41, 5.74) is 0.0710. The van der Waals surface area contributed by atoms with Crippen LogP contribution in [0.1, 0.15) is 66.5 Å². The molecule has 2 saturated heterocycles. The van der Waals surface area contributed by atoms with Gasteiger partial charge in [-0.05, 0) is 44.7 Å². The number of aromatic nitrogens is 4. The molecule has 0 radical (unpaired) electrons. The monoisotopic (exact) mass is 589 g/mol. The third-order valence-corrected chi connectivity index (χ3v) is 8.10. The fourth-order valence-corrected chi connectivity index (χ4v) is 5.72. The second-order valence-corrected chi connectivity index (χ2v) is 12.6. The second-order valence-electron chi connectivity index (χ2n) is 10.3. The van der Waals surface area contributed by atoms with Crippen molar-refractivity contribution in [1.29, 1.82) is 0 Å². The quantitative estimate of drug-likeness (QED) is 0.283. The smallest absolute Gasteiger partial charge is 0.353 e. The van der Waals surface area contributed by atoms with Crippen LogP contribution in [-0.2, 0) is 37.4 Å². The number of hydrogen-bond acceptors (Lipinski definition) is 11. The lowest BCUT2D eigenvalue weighted by molar-refractivity contribution is -0.236. The predicted octanol–water partition coefficient (Wildman–Crippen LogP) is 4.86. The molecule has 218 valence electrons. The first-order valence-corrected chi connectivity index (χ1v) is 15.3. The van der Waals surface area contributed by atoms with Gasteiger partial charge in [0.15, 0.2) is 35.9 Å². The fourth-order valence-electron chi connectivity index (χ4n) is 4.22. The van der Waals surface area contributed by atoms with Crippen molar-refractivity contribution in [2.75, 3.05) is 31.5 Å². The molecule has 0 bridgehead atoms. The number of ether oxygens (including phenoxy) is 4. The Kier molecular flexibility index (Phi) is 9.98. The normalized spacial score (nSPS) is 24.4. The summed E-state index contributed by atoms with van der Waals surface area (Å²) in [6, 6.07) is 0. The van der Waals surface area contributed by atoms with E-state index in [2.05, 4.69) is 20.3 Å². The highest BCUT2D eigenvalue weighted by molar-refractivity contribution is 7.53. The Morgan fingerprint density at radius 3 is 2.62 bits per heavy atom. The Morgan fingerprint density at radius 2 is 1.97 bits per heavy atom. The molecule has 15 heteroatoms. The van der Waals surface area contributed by atoms with Gasteiger partial charge in [-0.1, -0.05) is 20.8 Å². The van der Waals surface area contributed by atoms with Crippen LogP contribution in [0.5, 0.6) is 0 Å². The molecule has 13 nitrogen and oxygen atoms in total. The van der Waals surface area contributed by atoms with Crippen LogP contribution in [0.15, 0.2) is 6.33 Å². The number of carbonyl (C=O) groups is 1. The van der Waals surface area contributed by atoms with Gasteiger partial charge in [-0.25, -0.2) is 4.98 Å². The Morgan fingerprint density at radius 1 is 1.23 bits per heavy atom. The van der Waals surface area contributed by atoms with Crippen molar-refractivity contribution < 1.29 is 37.4 Å². The van der Waals surface area contributed by atoms with Crippen molar-refractivity contribution in [2.45, 2.75) is 85.2 Å². The average Bonchev–Trinajstić information content (AvgIpc) is 3.47. The molecule has 0 aromatic carbocycles. The van der Waals surface area contributed by atoms with E-state index >= 15 is 0 Å². The van der Waals surface area contributed by atoms with E-state index in [9.17, 15) is 9.36 Å². The Bertz CT molecular complexity index is 1180. The molecule has 2 aromatic heterocycles. The first kappa shape index (κ1) is 30.3. The van der Waals surface area contributed by atoms with E-state index in [1.165, 1.54) is 6.33 Å². The zero-order valence-electron chi connectivity index (χ0n) is 22.9. The standard InChI is InChI=1S/C24H37ClN5O8P/c1-6-35-39(32,36-7-2)14-34-21-15(37-17-10-8-9-11-33-17)12-16(38-21)30-13-26-18-19(27-22(31)24(3,4)5)28-23(25)29-20(18)30/h13,15-17,21H,6-12,14H2,1-5H3,(H,27,28,29,31)/t15-,16+,17?,21-/m0/s1. The molecule has 4 rings (SSSR count). The molecule has 2 fully saturated rings.